The monoisotopic (exact) mass is 474 g/mol. The number of hydrogen-bond acceptors (Lipinski definition) is 7. The number of thioether (sulfide) groups is 1. The van der Waals surface area contributed by atoms with E-state index >= 15 is 0 Å². The van der Waals surface area contributed by atoms with Gasteiger partial charge in [-0.05, 0) is 20.5 Å². The summed E-state index contributed by atoms with van der Waals surface area (Å²) in [4.78, 5) is 38.2. The van der Waals surface area contributed by atoms with Gasteiger partial charge in [-0.1, -0.05) is 82.9 Å². The fraction of sp³-hybridized carbons (Fsp3) is 0.875. The number of carbonyl (C=O) groups excluding carboxylic acids is 3. The summed E-state index contributed by atoms with van der Waals surface area (Å²) < 4.78 is 10.0. The van der Waals surface area contributed by atoms with Gasteiger partial charge < -0.3 is 19.3 Å². The highest BCUT2D eigenvalue weighted by Crippen LogP contribution is 2.12. The fourth-order valence-corrected chi connectivity index (χ4v) is 4.18. The van der Waals surface area contributed by atoms with E-state index in [1.54, 1.807) is 4.90 Å². The smallest absolute Gasteiger partial charge is 0.305 e. The van der Waals surface area contributed by atoms with Crippen molar-refractivity contribution < 1.29 is 23.9 Å². The average molecular weight is 475 g/mol. The summed E-state index contributed by atoms with van der Waals surface area (Å²) >= 11 is 1.22. The number of esters is 1. The molecule has 0 N–H and O–H groups in total. The van der Waals surface area contributed by atoms with Crippen molar-refractivity contribution in [1.82, 2.24) is 9.80 Å². The first-order valence-electron chi connectivity index (χ1n) is 12.3. The van der Waals surface area contributed by atoms with Crippen molar-refractivity contribution in [3.8, 4) is 0 Å². The molecule has 0 heterocycles. The van der Waals surface area contributed by atoms with Gasteiger partial charge in [0.1, 0.15) is 13.2 Å². The van der Waals surface area contributed by atoms with E-state index in [4.69, 9.17) is 9.47 Å². The van der Waals surface area contributed by atoms with Crippen molar-refractivity contribution in [1.29, 1.82) is 0 Å². The molecule has 0 bridgehead atoms. The van der Waals surface area contributed by atoms with Gasteiger partial charge in [0.2, 0.25) is 0 Å². The molecule has 0 rings (SSSR count). The molecule has 188 valence electrons. The summed E-state index contributed by atoms with van der Waals surface area (Å²) in [6.45, 7) is 4.31. The summed E-state index contributed by atoms with van der Waals surface area (Å²) in [7, 11) is 3.91. The molecule has 0 spiro atoms. The van der Waals surface area contributed by atoms with E-state index in [0.29, 0.717) is 31.7 Å². The molecule has 0 atom stereocenters. The number of rotatable bonds is 22. The van der Waals surface area contributed by atoms with Crippen LogP contribution in [0.3, 0.4) is 0 Å². The summed E-state index contributed by atoms with van der Waals surface area (Å²) in [6.07, 6.45) is 14.1. The van der Waals surface area contributed by atoms with Crippen molar-refractivity contribution in [2.75, 3.05) is 52.7 Å². The minimum Gasteiger partial charge on any atom is -0.466 e. The van der Waals surface area contributed by atoms with Crippen molar-refractivity contribution in [3.05, 3.63) is 0 Å². The molecule has 0 aromatic carbocycles. The SMILES string of the molecule is CCCCCCCCCCCCCC(=O)OCCN(CCOC=O)C(=O)SCCN(C)C. The van der Waals surface area contributed by atoms with Gasteiger partial charge in [0.25, 0.3) is 11.7 Å². The zero-order chi connectivity index (χ0) is 23.9. The highest BCUT2D eigenvalue weighted by Gasteiger charge is 2.15. The van der Waals surface area contributed by atoms with Crippen LogP contribution in [0.15, 0.2) is 0 Å². The Kier molecular flexibility index (Phi) is 22.0. The number of unbranched alkanes of at least 4 members (excludes halogenated alkanes) is 10. The lowest BCUT2D eigenvalue weighted by molar-refractivity contribution is -0.144. The van der Waals surface area contributed by atoms with E-state index in [0.717, 1.165) is 19.4 Å². The number of hydrogen-bond donors (Lipinski definition) is 0. The third-order valence-corrected chi connectivity index (χ3v) is 6.07. The Morgan fingerprint density at radius 3 is 1.94 bits per heavy atom. The zero-order valence-corrected chi connectivity index (χ0v) is 21.5. The second-order valence-electron chi connectivity index (χ2n) is 8.38. The van der Waals surface area contributed by atoms with Gasteiger partial charge in [0, 0.05) is 18.7 Å². The van der Waals surface area contributed by atoms with Crippen LogP contribution in [-0.4, -0.2) is 80.2 Å². The largest absolute Gasteiger partial charge is 0.466 e. The minimum atomic E-state index is -0.210. The minimum absolute atomic E-state index is 0.0947. The Hall–Kier alpha value is -1.28. The van der Waals surface area contributed by atoms with Gasteiger partial charge in [-0.25, -0.2) is 0 Å². The van der Waals surface area contributed by atoms with Crippen molar-refractivity contribution in [3.63, 3.8) is 0 Å². The normalized spacial score (nSPS) is 10.9. The lowest BCUT2D eigenvalue weighted by Gasteiger charge is -2.22. The van der Waals surface area contributed by atoms with Crippen LogP contribution >= 0.6 is 11.8 Å². The van der Waals surface area contributed by atoms with E-state index in [-0.39, 0.29) is 24.4 Å². The van der Waals surface area contributed by atoms with Crippen molar-refractivity contribution >= 4 is 29.4 Å². The Balaban J connectivity index is 3.85. The molecule has 0 fully saturated rings. The number of ether oxygens (including phenoxy) is 2. The molecule has 7 nitrogen and oxygen atoms in total. The molecule has 0 saturated heterocycles. The third-order valence-electron chi connectivity index (χ3n) is 5.18. The summed E-state index contributed by atoms with van der Waals surface area (Å²) in [6, 6.07) is 0. The van der Waals surface area contributed by atoms with Crippen LogP contribution < -0.4 is 0 Å². The maximum Gasteiger partial charge on any atom is 0.305 e. The first-order chi connectivity index (χ1) is 15.5. The topological polar surface area (TPSA) is 76.1 Å². The van der Waals surface area contributed by atoms with Gasteiger partial charge >= 0.3 is 5.97 Å². The number of carbonyl (C=O) groups is 3. The molecule has 0 aliphatic rings. The second kappa shape index (κ2) is 22.9. The Labute approximate surface area is 199 Å². The Bertz CT molecular complexity index is 477. The summed E-state index contributed by atoms with van der Waals surface area (Å²) in [5.41, 5.74) is 0. The van der Waals surface area contributed by atoms with Crippen LogP contribution in [0.1, 0.15) is 84.0 Å². The molecular formula is C24H46N2O5S. The predicted octanol–water partition coefficient (Wildman–Crippen LogP) is 5.12. The molecule has 32 heavy (non-hydrogen) atoms. The van der Waals surface area contributed by atoms with Gasteiger partial charge in [0.05, 0.1) is 13.1 Å². The van der Waals surface area contributed by atoms with Gasteiger partial charge in [0.15, 0.2) is 0 Å². The first kappa shape index (κ1) is 30.7. The van der Waals surface area contributed by atoms with Crippen LogP contribution in [0.5, 0.6) is 0 Å². The quantitative estimate of drug-likeness (QED) is 0.122. The van der Waals surface area contributed by atoms with E-state index in [9.17, 15) is 14.4 Å². The molecule has 0 aromatic rings. The van der Waals surface area contributed by atoms with Gasteiger partial charge in [-0.15, -0.1) is 0 Å². The average Bonchev–Trinajstić information content (AvgIpc) is 2.76. The van der Waals surface area contributed by atoms with Crippen LogP contribution in [0.2, 0.25) is 0 Å². The Morgan fingerprint density at radius 1 is 0.812 bits per heavy atom. The molecule has 0 aromatic heterocycles. The van der Waals surface area contributed by atoms with E-state index in [1.165, 1.54) is 69.5 Å². The molecule has 0 aliphatic heterocycles. The summed E-state index contributed by atoms with van der Waals surface area (Å²) in [5.74, 6) is 0.466. The first-order valence-corrected chi connectivity index (χ1v) is 13.3. The lowest BCUT2D eigenvalue weighted by atomic mass is 10.1. The highest BCUT2D eigenvalue weighted by atomic mass is 32.2. The van der Waals surface area contributed by atoms with E-state index < -0.39 is 0 Å². The molecule has 8 heteroatoms. The highest BCUT2D eigenvalue weighted by molar-refractivity contribution is 8.13. The van der Waals surface area contributed by atoms with Crippen LogP contribution in [0.4, 0.5) is 4.79 Å². The molecule has 0 unspecified atom stereocenters. The molecule has 1 amide bonds. The zero-order valence-electron chi connectivity index (χ0n) is 20.6. The van der Waals surface area contributed by atoms with Crippen LogP contribution in [0, 0.1) is 0 Å². The molecular weight excluding hydrogens is 428 g/mol. The van der Waals surface area contributed by atoms with Gasteiger partial charge in [-0.3, -0.25) is 14.4 Å². The van der Waals surface area contributed by atoms with E-state index in [1.807, 2.05) is 19.0 Å². The fourth-order valence-electron chi connectivity index (χ4n) is 3.19. The van der Waals surface area contributed by atoms with Crippen molar-refractivity contribution in [2.45, 2.75) is 84.0 Å². The lowest BCUT2D eigenvalue weighted by Crippen LogP contribution is -2.35. The van der Waals surface area contributed by atoms with E-state index in [2.05, 4.69) is 6.92 Å². The van der Waals surface area contributed by atoms with Crippen LogP contribution in [-0.2, 0) is 19.1 Å². The van der Waals surface area contributed by atoms with Gasteiger partial charge in [-0.2, -0.15) is 0 Å². The molecule has 0 radical (unpaired) electrons. The predicted molar refractivity (Wildman–Crippen MR) is 132 cm³/mol. The summed E-state index contributed by atoms with van der Waals surface area (Å²) in [5, 5.41) is -0.0947. The maximum atomic E-state index is 12.4. The molecule has 0 aliphatic carbocycles. The second-order valence-corrected chi connectivity index (χ2v) is 9.42. The van der Waals surface area contributed by atoms with Crippen molar-refractivity contribution in [2.24, 2.45) is 0 Å². The standard InChI is InChI=1S/C24H46N2O5S/c1-4-5-6-7-8-9-10-11-12-13-14-15-23(28)31-20-17-26(16-19-30-22-27)24(29)32-21-18-25(2)3/h22H,4-21H2,1-3H3. The Morgan fingerprint density at radius 2 is 1.38 bits per heavy atom. The van der Waals surface area contributed by atoms with Crippen LogP contribution in [0.25, 0.3) is 0 Å². The maximum absolute atomic E-state index is 12.4. The third kappa shape index (κ3) is 20.6. The number of nitrogens with zero attached hydrogens (tertiary/aromatic N) is 2. The number of amides is 1. The molecule has 0 saturated carbocycles.